The van der Waals surface area contributed by atoms with Gasteiger partial charge in [0.1, 0.15) is 11.3 Å². The number of fused-ring (bicyclic) bond motifs is 1. The average Bonchev–Trinajstić information content (AvgIpc) is 3.10. The average molecular weight is 432 g/mol. The number of hydrogen-bond donors (Lipinski definition) is 0. The van der Waals surface area contributed by atoms with Crippen LogP contribution in [0, 0.1) is 21.7 Å². The number of thiazole rings is 1. The first-order valence-electron chi connectivity index (χ1n) is 8.89. The van der Waals surface area contributed by atoms with E-state index in [-0.39, 0.29) is 22.9 Å². The lowest BCUT2D eigenvalue weighted by Crippen LogP contribution is -2.35. The molecule has 0 saturated heterocycles. The molecule has 0 aliphatic heterocycles. The van der Waals surface area contributed by atoms with Crippen molar-refractivity contribution in [2.75, 3.05) is 32.1 Å². The number of amides is 1. The molecule has 3 rings (SSSR count). The van der Waals surface area contributed by atoms with Crippen LogP contribution in [0.15, 0.2) is 42.5 Å². The summed E-state index contributed by atoms with van der Waals surface area (Å²) in [6.45, 7) is 0.790. The highest BCUT2D eigenvalue weighted by atomic mass is 32.1. The number of hydrogen-bond acceptors (Lipinski definition) is 6. The molecule has 0 radical (unpaired) electrons. The Bertz CT molecular complexity index is 1130. The summed E-state index contributed by atoms with van der Waals surface area (Å²) in [5, 5.41) is 11.1. The van der Waals surface area contributed by atoms with E-state index < -0.39 is 22.5 Å². The molecule has 0 fully saturated rings. The van der Waals surface area contributed by atoms with Gasteiger partial charge in [-0.15, -0.1) is 0 Å². The molecular weight excluding hydrogens is 414 g/mol. The van der Waals surface area contributed by atoms with Crippen molar-refractivity contribution in [1.82, 2.24) is 9.88 Å². The zero-order valence-electron chi connectivity index (χ0n) is 16.2. The first kappa shape index (κ1) is 21.5. The van der Waals surface area contributed by atoms with E-state index in [0.29, 0.717) is 16.8 Å². The van der Waals surface area contributed by atoms with Gasteiger partial charge in [-0.1, -0.05) is 23.5 Å². The summed E-state index contributed by atoms with van der Waals surface area (Å²) in [4.78, 5) is 30.7. The molecule has 0 saturated carbocycles. The summed E-state index contributed by atoms with van der Waals surface area (Å²) in [5.74, 6) is -1.94. The molecule has 10 heteroatoms. The van der Waals surface area contributed by atoms with Gasteiger partial charge in [0.2, 0.25) is 0 Å². The Hall–Kier alpha value is -3.24. The lowest BCUT2D eigenvalue weighted by molar-refractivity contribution is -0.384. The van der Waals surface area contributed by atoms with Crippen LogP contribution in [0.4, 0.5) is 19.6 Å². The van der Waals surface area contributed by atoms with E-state index in [2.05, 4.69) is 4.98 Å². The molecule has 2 aromatic carbocycles. The molecule has 0 aliphatic carbocycles. The van der Waals surface area contributed by atoms with E-state index >= 15 is 0 Å². The molecule has 0 aliphatic rings. The van der Waals surface area contributed by atoms with Crippen molar-refractivity contribution in [2.45, 2.75) is 0 Å². The van der Waals surface area contributed by atoms with E-state index in [1.165, 1.54) is 41.3 Å². The molecule has 0 unspecified atom stereocenters. The normalized spacial score (nSPS) is 11.5. The van der Waals surface area contributed by atoms with Crippen molar-refractivity contribution in [3.8, 4) is 0 Å². The van der Waals surface area contributed by atoms with Crippen LogP contribution in [0.1, 0.15) is 5.56 Å². The summed E-state index contributed by atoms with van der Waals surface area (Å²) >= 11 is 1.01. The van der Waals surface area contributed by atoms with Crippen molar-refractivity contribution in [2.24, 2.45) is 0 Å². The lowest BCUT2D eigenvalue weighted by atomic mass is 10.2. The van der Waals surface area contributed by atoms with Crippen molar-refractivity contribution in [3.63, 3.8) is 0 Å². The molecule has 0 spiro atoms. The molecule has 1 amide bonds. The van der Waals surface area contributed by atoms with Crippen molar-refractivity contribution >= 4 is 44.4 Å². The van der Waals surface area contributed by atoms with Crippen LogP contribution in [0.2, 0.25) is 0 Å². The number of likely N-dealkylation sites (N-methyl/N-ethyl adjacent to an activating group) is 1. The number of halogens is 2. The van der Waals surface area contributed by atoms with E-state index in [1.54, 1.807) is 6.07 Å². The van der Waals surface area contributed by atoms with Gasteiger partial charge >= 0.3 is 0 Å². The number of benzene rings is 2. The predicted molar refractivity (Wildman–Crippen MR) is 113 cm³/mol. The van der Waals surface area contributed by atoms with E-state index in [9.17, 15) is 23.7 Å². The zero-order valence-corrected chi connectivity index (χ0v) is 17.0. The van der Waals surface area contributed by atoms with Gasteiger partial charge in [-0.25, -0.2) is 13.8 Å². The Morgan fingerprint density at radius 1 is 1.23 bits per heavy atom. The Balaban J connectivity index is 1.91. The number of aromatic nitrogens is 1. The van der Waals surface area contributed by atoms with Crippen LogP contribution >= 0.6 is 11.3 Å². The smallest absolute Gasteiger partial charge is 0.270 e. The quantitative estimate of drug-likeness (QED) is 0.319. The van der Waals surface area contributed by atoms with Crippen molar-refractivity contribution < 1.29 is 18.5 Å². The molecule has 0 bridgehead atoms. The fourth-order valence-corrected chi connectivity index (χ4v) is 3.70. The Morgan fingerprint density at radius 3 is 2.70 bits per heavy atom. The van der Waals surface area contributed by atoms with E-state index in [4.69, 9.17) is 0 Å². The third-order valence-electron chi connectivity index (χ3n) is 4.17. The summed E-state index contributed by atoms with van der Waals surface area (Å²) in [6.07, 6.45) is 2.74. The fraction of sp³-hybridized carbons (Fsp3) is 0.200. The second kappa shape index (κ2) is 9.06. The first-order valence-corrected chi connectivity index (χ1v) is 9.70. The van der Waals surface area contributed by atoms with Crippen LogP contribution in [-0.4, -0.2) is 47.9 Å². The van der Waals surface area contributed by atoms with Gasteiger partial charge in [0.25, 0.3) is 11.6 Å². The van der Waals surface area contributed by atoms with Crippen LogP contribution in [0.5, 0.6) is 0 Å². The van der Waals surface area contributed by atoms with Crippen LogP contribution in [-0.2, 0) is 4.79 Å². The Morgan fingerprint density at radius 2 is 2.00 bits per heavy atom. The Kier molecular flexibility index (Phi) is 6.48. The van der Waals surface area contributed by atoms with Gasteiger partial charge in [0.05, 0.1) is 9.62 Å². The molecule has 0 atom stereocenters. The highest BCUT2D eigenvalue weighted by molar-refractivity contribution is 7.22. The maximum absolute atomic E-state index is 14.0. The van der Waals surface area contributed by atoms with Crippen LogP contribution in [0.3, 0.4) is 0 Å². The summed E-state index contributed by atoms with van der Waals surface area (Å²) < 4.78 is 27.8. The second-order valence-corrected chi connectivity index (χ2v) is 7.72. The maximum atomic E-state index is 14.0. The highest BCUT2D eigenvalue weighted by Crippen LogP contribution is 2.31. The monoisotopic (exact) mass is 432 g/mol. The molecule has 7 nitrogen and oxygen atoms in total. The summed E-state index contributed by atoms with van der Waals surface area (Å²) in [6, 6.07) is 7.79. The number of non-ortho nitro benzene ring substituents is 1. The van der Waals surface area contributed by atoms with Gasteiger partial charge in [-0.3, -0.25) is 19.8 Å². The van der Waals surface area contributed by atoms with Crippen molar-refractivity contribution in [1.29, 1.82) is 0 Å². The molecule has 0 N–H and O–H groups in total. The topological polar surface area (TPSA) is 79.6 Å². The largest absolute Gasteiger partial charge is 0.308 e. The standard InChI is InChI=1S/C20H18F2N4O3S/c1-24(2)8-9-25(20-23-19-16(22)11-14(21)12-17(19)30-20)18(27)7-6-13-4-3-5-15(10-13)26(28)29/h3-7,10-12H,8-9H2,1-2H3/b7-6+. The molecular formula is C20H18F2N4O3S. The minimum atomic E-state index is -0.792. The number of nitro benzene ring substituents is 1. The van der Waals surface area contributed by atoms with E-state index in [1.807, 2.05) is 19.0 Å². The van der Waals surface area contributed by atoms with Crippen LogP contribution < -0.4 is 4.90 Å². The molecule has 156 valence electrons. The number of nitrogens with zero attached hydrogens (tertiary/aromatic N) is 4. The summed E-state index contributed by atoms with van der Waals surface area (Å²) in [7, 11) is 3.68. The van der Waals surface area contributed by atoms with Gasteiger partial charge in [-0.05, 0) is 31.8 Å². The number of nitro groups is 1. The van der Waals surface area contributed by atoms with Gasteiger partial charge in [-0.2, -0.15) is 0 Å². The second-order valence-electron chi connectivity index (χ2n) is 6.71. The minimum absolute atomic E-state index is 0.00159. The third-order valence-corrected chi connectivity index (χ3v) is 5.19. The van der Waals surface area contributed by atoms with Gasteiger partial charge < -0.3 is 4.90 Å². The lowest BCUT2D eigenvalue weighted by Gasteiger charge is -2.20. The number of rotatable bonds is 7. The number of carbonyl (C=O) groups is 1. The van der Waals surface area contributed by atoms with E-state index in [0.717, 1.165) is 17.4 Å². The molecule has 30 heavy (non-hydrogen) atoms. The maximum Gasteiger partial charge on any atom is 0.270 e. The van der Waals surface area contributed by atoms with Gasteiger partial charge in [0, 0.05) is 37.4 Å². The summed E-state index contributed by atoms with van der Waals surface area (Å²) in [5.41, 5.74) is 0.405. The molecule has 3 aromatic rings. The number of anilines is 1. The number of carbonyl (C=O) groups excluding carboxylic acids is 1. The molecule has 1 heterocycles. The minimum Gasteiger partial charge on any atom is -0.308 e. The molecule has 1 aromatic heterocycles. The predicted octanol–water partition coefficient (Wildman–Crippen LogP) is 4.09. The SMILES string of the molecule is CN(C)CCN(C(=O)/C=C/c1cccc([N+](=O)[O-])c1)c1nc2c(F)cc(F)cc2s1. The fourth-order valence-electron chi connectivity index (χ4n) is 2.66. The van der Waals surface area contributed by atoms with Crippen LogP contribution in [0.25, 0.3) is 16.3 Å². The first-order chi connectivity index (χ1) is 14.2. The Labute approximate surface area is 175 Å². The van der Waals surface area contributed by atoms with Gasteiger partial charge in [0.15, 0.2) is 10.9 Å². The zero-order chi connectivity index (χ0) is 21.8. The highest BCUT2D eigenvalue weighted by Gasteiger charge is 2.20. The van der Waals surface area contributed by atoms with Crippen molar-refractivity contribution in [3.05, 3.63) is 69.8 Å². The third kappa shape index (κ3) is 5.02.